The third-order valence-corrected chi connectivity index (χ3v) is 3.29. The number of nitrogens with one attached hydrogen (secondary N) is 1. The third-order valence-electron chi connectivity index (χ3n) is 3.29. The van der Waals surface area contributed by atoms with Gasteiger partial charge in [-0.05, 0) is 38.1 Å². The third kappa shape index (κ3) is 4.64. The molecule has 108 valence electrons. The molecular weight excluding hydrogens is 262 g/mol. The van der Waals surface area contributed by atoms with Crippen molar-refractivity contribution >= 4 is 0 Å². The van der Waals surface area contributed by atoms with Crippen molar-refractivity contribution in [2.75, 3.05) is 6.54 Å². The number of hydrogen-bond donors (Lipinski definition) is 2. The van der Waals surface area contributed by atoms with Crippen LogP contribution in [-0.2, 0) is 0 Å². The quantitative estimate of drug-likeness (QED) is 0.615. The van der Waals surface area contributed by atoms with Crippen molar-refractivity contribution in [2.45, 2.75) is 44.2 Å². The van der Waals surface area contributed by atoms with Crippen LogP contribution < -0.4 is 11.1 Å². The molecule has 0 spiro atoms. The zero-order valence-electron chi connectivity index (χ0n) is 9.61. The molecule has 0 aromatic heterocycles. The Bertz CT molecular complexity index is 254. The van der Waals surface area contributed by atoms with Gasteiger partial charge in [0.05, 0.1) is 5.92 Å². The molecule has 8 heteroatoms. The Labute approximate surface area is 101 Å². The van der Waals surface area contributed by atoms with Crippen LogP contribution in [0.5, 0.6) is 0 Å². The van der Waals surface area contributed by atoms with Gasteiger partial charge in [0.2, 0.25) is 0 Å². The highest BCUT2D eigenvalue weighted by Crippen LogP contribution is 2.39. The van der Waals surface area contributed by atoms with Crippen molar-refractivity contribution in [2.24, 2.45) is 17.6 Å². The van der Waals surface area contributed by atoms with E-state index in [0.29, 0.717) is 0 Å². The van der Waals surface area contributed by atoms with E-state index in [1.165, 1.54) is 0 Å². The topological polar surface area (TPSA) is 38.0 Å². The van der Waals surface area contributed by atoms with Crippen molar-refractivity contribution in [1.82, 2.24) is 5.32 Å². The van der Waals surface area contributed by atoms with E-state index in [-0.39, 0.29) is 38.1 Å². The summed E-state index contributed by atoms with van der Waals surface area (Å²) >= 11 is 0. The molecule has 3 N–H and O–H groups in total. The summed E-state index contributed by atoms with van der Waals surface area (Å²) in [5.74, 6) is -1.48. The van der Waals surface area contributed by atoms with Crippen molar-refractivity contribution in [3.05, 3.63) is 0 Å². The molecule has 0 aromatic carbocycles. The fourth-order valence-electron chi connectivity index (χ4n) is 2.10. The molecule has 1 atom stereocenters. The Kier molecular flexibility index (Phi) is 4.88. The first-order valence-electron chi connectivity index (χ1n) is 5.73. The highest BCUT2D eigenvalue weighted by molar-refractivity contribution is 4.79. The van der Waals surface area contributed by atoms with Gasteiger partial charge in [-0.25, -0.2) is 0 Å². The number of hydrogen-bond acceptors (Lipinski definition) is 2. The standard InChI is InChI=1S/C10H16F6N2/c11-9(12,13)7-3-1-6(2-4-7)5-18-8(17)10(14,15)16/h6-8,18H,1-5,17H2. The van der Waals surface area contributed by atoms with Crippen LogP contribution in [-0.4, -0.2) is 25.1 Å². The molecular formula is C10H16F6N2. The second-order valence-electron chi connectivity index (χ2n) is 4.69. The number of alkyl halides is 6. The first-order valence-corrected chi connectivity index (χ1v) is 5.73. The SMILES string of the molecule is NC(NCC1CCC(C(F)(F)F)CC1)C(F)(F)F. The number of nitrogens with two attached hydrogens (primary N) is 1. The molecule has 2 nitrogen and oxygen atoms in total. The zero-order valence-corrected chi connectivity index (χ0v) is 9.61. The molecule has 0 saturated heterocycles. The largest absolute Gasteiger partial charge is 0.416 e. The molecule has 0 heterocycles. The van der Waals surface area contributed by atoms with E-state index in [9.17, 15) is 26.3 Å². The highest BCUT2D eigenvalue weighted by Gasteiger charge is 2.42. The van der Waals surface area contributed by atoms with Crippen LogP contribution in [0.1, 0.15) is 25.7 Å². The van der Waals surface area contributed by atoms with Gasteiger partial charge >= 0.3 is 12.4 Å². The van der Waals surface area contributed by atoms with Crippen LogP contribution >= 0.6 is 0 Å². The maximum absolute atomic E-state index is 12.4. The van der Waals surface area contributed by atoms with Gasteiger partial charge < -0.3 is 5.73 Å². The maximum Gasteiger partial charge on any atom is 0.416 e. The van der Waals surface area contributed by atoms with Gasteiger partial charge in [0, 0.05) is 0 Å². The summed E-state index contributed by atoms with van der Waals surface area (Å²) < 4.78 is 73.3. The first-order chi connectivity index (χ1) is 8.10. The summed E-state index contributed by atoms with van der Waals surface area (Å²) in [7, 11) is 0. The fraction of sp³-hybridized carbons (Fsp3) is 1.00. The second-order valence-corrected chi connectivity index (χ2v) is 4.69. The monoisotopic (exact) mass is 278 g/mol. The summed E-state index contributed by atoms with van der Waals surface area (Å²) in [5, 5.41) is 2.12. The van der Waals surface area contributed by atoms with Crippen molar-refractivity contribution in [3.63, 3.8) is 0 Å². The summed E-state index contributed by atoms with van der Waals surface area (Å²) in [5.41, 5.74) is 4.85. The molecule has 1 aliphatic carbocycles. The predicted octanol–water partition coefficient (Wildman–Crippen LogP) is 2.79. The Morgan fingerprint density at radius 3 is 1.89 bits per heavy atom. The van der Waals surface area contributed by atoms with Gasteiger partial charge in [-0.2, -0.15) is 26.3 Å². The van der Waals surface area contributed by atoms with Crippen molar-refractivity contribution < 1.29 is 26.3 Å². The zero-order chi connectivity index (χ0) is 14.0. The summed E-state index contributed by atoms with van der Waals surface area (Å²) in [6.07, 6.45) is -10.3. The number of halogens is 6. The molecule has 0 radical (unpaired) electrons. The molecule has 1 aliphatic rings. The van der Waals surface area contributed by atoms with Crippen LogP contribution in [0.3, 0.4) is 0 Å². The highest BCUT2D eigenvalue weighted by atomic mass is 19.4. The molecule has 1 unspecified atom stereocenters. The summed E-state index contributed by atoms with van der Waals surface area (Å²) in [6, 6.07) is 0. The predicted molar refractivity (Wildman–Crippen MR) is 53.5 cm³/mol. The minimum atomic E-state index is -4.52. The lowest BCUT2D eigenvalue weighted by Crippen LogP contribution is -2.50. The molecule has 1 saturated carbocycles. The van der Waals surface area contributed by atoms with Gasteiger partial charge in [0.1, 0.15) is 0 Å². The average Bonchev–Trinajstić information content (AvgIpc) is 2.24. The Hall–Kier alpha value is -0.500. The normalized spacial score (nSPS) is 28.2. The lowest BCUT2D eigenvalue weighted by molar-refractivity contribution is -0.184. The molecule has 0 aliphatic heterocycles. The average molecular weight is 278 g/mol. The van der Waals surface area contributed by atoms with Gasteiger partial charge in [-0.15, -0.1) is 0 Å². The van der Waals surface area contributed by atoms with Gasteiger partial charge in [0.25, 0.3) is 0 Å². The Balaban J connectivity index is 2.28. The Morgan fingerprint density at radius 2 is 1.50 bits per heavy atom. The lowest BCUT2D eigenvalue weighted by Gasteiger charge is -2.30. The molecule has 0 amide bonds. The van der Waals surface area contributed by atoms with Gasteiger partial charge in [0.15, 0.2) is 6.17 Å². The fourth-order valence-corrected chi connectivity index (χ4v) is 2.10. The minimum absolute atomic E-state index is 0.00521. The van der Waals surface area contributed by atoms with E-state index in [4.69, 9.17) is 5.73 Å². The van der Waals surface area contributed by atoms with Crippen LogP contribution in [0.25, 0.3) is 0 Å². The summed E-state index contributed by atoms with van der Waals surface area (Å²) in [4.78, 5) is 0. The molecule has 18 heavy (non-hydrogen) atoms. The van der Waals surface area contributed by atoms with E-state index in [1.54, 1.807) is 0 Å². The molecule has 0 bridgehead atoms. The minimum Gasteiger partial charge on any atom is -0.308 e. The van der Waals surface area contributed by atoms with Gasteiger partial charge in [-0.3, -0.25) is 5.32 Å². The van der Waals surface area contributed by atoms with Crippen molar-refractivity contribution in [1.29, 1.82) is 0 Å². The van der Waals surface area contributed by atoms with E-state index in [1.807, 2.05) is 0 Å². The lowest BCUT2D eigenvalue weighted by atomic mass is 9.81. The maximum atomic E-state index is 12.4. The van der Waals surface area contributed by atoms with E-state index in [2.05, 4.69) is 5.32 Å². The van der Waals surface area contributed by atoms with Crippen LogP contribution in [0.15, 0.2) is 0 Å². The van der Waals surface area contributed by atoms with Crippen LogP contribution in [0, 0.1) is 11.8 Å². The Morgan fingerprint density at radius 1 is 1.00 bits per heavy atom. The molecule has 1 rings (SSSR count). The summed E-state index contributed by atoms with van der Waals surface area (Å²) in [6.45, 7) is 0.00521. The second kappa shape index (κ2) is 5.64. The molecule has 1 fully saturated rings. The van der Waals surface area contributed by atoms with E-state index < -0.39 is 24.4 Å². The van der Waals surface area contributed by atoms with Crippen LogP contribution in [0.4, 0.5) is 26.3 Å². The van der Waals surface area contributed by atoms with E-state index >= 15 is 0 Å². The van der Waals surface area contributed by atoms with Crippen LogP contribution in [0.2, 0.25) is 0 Å². The number of rotatable bonds is 3. The van der Waals surface area contributed by atoms with E-state index in [0.717, 1.165) is 0 Å². The van der Waals surface area contributed by atoms with Gasteiger partial charge in [-0.1, -0.05) is 0 Å². The smallest absolute Gasteiger partial charge is 0.308 e. The first kappa shape index (κ1) is 15.6. The van der Waals surface area contributed by atoms with Crippen molar-refractivity contribution in [3.8, 4) is 0 Å². The molecule has 0 aromatic rings.